The van der Waals surface area contributed by atoms with Crippen molar-refractivity contribution < 1.29 is 9.53 Å². The first kappa shape index (κ1) is 12.9. The number of amides is 1. The Morgan fingerprint density at radius 3 is 3.11 bits per heavy atom. The smallest absolute Gasteiger partial charge is 0.233 e. The molecule has 5 heteroatoms. The van der Waals surface area contributed by atoms with Gasteiger partial charge in [0.1, 0.15) is 12.4 Å². The van der Waals surface area contributed by atoms with E-state index >= 15 is 0 Å². The molecule has 0 bridgehead atoms. The molecule has 0 aliphatic carbocycles. The van der Waals surface area contributed by atoms with Crippen molar-refractivity contribution >= 4 is 5.91 Å². The third-order valence-corrected chi connectivity index (χ3v) is 3.07. The lowest BCUT2D eigenvalue weighted by atomic mass is 10.2. The molecule has 0 spiro atoms. The minimum atomic E-state index is -0.110. The lowest BCUT2D eigenvalue weighted by Crippen LogP contribution is -2.32. The van der Waals surface area contributed by atoms with Gasteiger partial charge in [0.2, 0.25) is 5.91 Å². The summed E-state index contributed by atoms with van der Waals surface area (Å²) in [6.07, 6.45) is 1.28. The van der Waals surface area contributed by atoms with Crippen molar-refractivity contribution in [2.75, 3.05) is 19.7 Å². The van der Waals surface area contributed by atoms with Gasteiger partial charge in [0.25, 0.3) is 0 Å². The van der Waals surface area contributed by atoms with E-state index in [0.29, 0.717) is 13.0 Å². The van der Waals surface area contributed by atoms with Crippen LogP contribution in [0.5, 0.6) is 5.75 Å². The Morgan fingerprint density at radius 1 is 1.44 bits per heavy atom. The molecule has 0 unspecified atom stereocenters. The fourth-order valence-electron chi connectivity index (χ4n) is 2.11. The summed E-state index contributed by atoms with van der Waals surface area (Å²) in [6, 6.07) is 8.09. The van der Waals surface area contributed by atoms with Gasteiger partial charge in [-0.25, -0.2) is 5.84 Å². The van der Waals surface area contributed by atoms with Crippen LogP contribution in [0.25, 0.3) is 0 Å². The van der Waals surface area contributed by atoms with Gasteiger partial charge in [-0.2, -0.15) is 0 Å². The highest BCUT2D eigenvalue weighted by Crippen LogP contribution is 2.22. The van der Waals surface area contributed by atoms with Crippen LogP contribution in [0.1, 0.15) is 18.4 Å². The number of nitrogens with one attached hydrogen (secondary N) is 1. The maximum atomic E-state index is 11.0. The molecule has 98 valence electrons. The maximum absolute atomic E-state index is 11.0. The zero-order valence-corrected chi connectivity index (χ0v) is 10.4. The zero-order chi connectivity index (χ0) is 12.8. The number of hydrogen-bond donors (Lipinski definition) is 2. The molecule has 0 saturated heterocycles. The van der Waals surface area contributed by atoms with Crippen molar-refractivity contribution in [3.05, 3.63) is 29.8 Å². The van der Waals surface area contributed by atoms with Gasteiger partial charge in [-0.15, -0.1) is 0 Å². The van der Waals surface area contributed by atoms with E-state index < -0.39 is 0 Å². The van der Waals surface area contributed by atoms with Gasteiger partial charge in [0.15, 0.2) is 0 Å². The van der Waals surface area contributed by atoms with E-state index in [4.69, 9.17) is 10.6 Å². The van der Waals surface area contributed by atoms with Crippen LogP contribution in [0.15, 0.2) is 24.3 Å². The first-order chi connectivity index (χ1) is 8.79. The highest BCUT2D eigenvalue weighted by molar-refractivity contribution is 5.75. The second-order valence-corrected chi connectivity index (χ2v) is 4.40. The van der Waals surface area contributed by atoms with Crippen LogP contribution in [-0.4, -0.2) is 30.5 Å². The number of carbonyl (C=O) groups is 1. The van der Waals surface area contributed by atoms with E-state index in [2.05, 4.69) is 16.4 Å². The van der Waals surface area contributed by atoms with E-state index in [1.165, 1.54) is 5.56 Å². The number of ether oxygens (including phenoxy) is 1. The van der Waals surface area contributed by atoms with E-state index in [-0.39, 0.29) is 5.91 Å². The molecule has 1 aliphatic heterocycles. The number of benzene rings is 1. The summed E-state index contributed by atoms with van der Waals surface area (Å²) in [6.45, 7) is 3.34. The van der Waals surface area contributed by atoms with Crippen molar-refractivity contribution in [2.24, 2.45) is 5.84 Å². The lowest BCUT2D eigenvalue weighted by Gasteiger charge is -2.18. The Bertz CT molecular complexity index is 409. The molecule has 1 amide bonds. The topological polar surface area (TPSA) is 67.6 Å². The molecule has 1 aromatic carbocycles. The third kappa shape index (κ3) is 3.45. The third-order valence-electron chi connectivity index (χ3n) is 3.07. The van der Waals surface area contributed by atoms with Crippen molar-refractivity contribution in [1.29, 1.82) is 0 Å². The van der Waals surface area contributed by atoms with E-state index in [1.807, 2.05) is 18.2 Å². The van der Waals surface area contributed by atoms with Crippen LogP contribution >= 0.6 is 0 Å². The molecule has 1 aliphatic rings. The number of carbonyl (C=O) groups excluding carboxylic acids is 1. The van der Waals surface area contributed by atoms with Gasteiger partial charge >= 0.3 is 0 Å². The molecule has 2 rings (SSSR count). The minimum Gasteiger partial charge on any atom is -0.492 e. The Hall–Kier alpha value is -1.59. The van der Waals surface area contributed by atoms with Gasteiger partial charge in [-0.1, -0.05) is 18.2 Å². The van der Waals surface area contributed by atoms with Gasteiger partial charge in [-0.3, -0.25) is 15.1 Å². The first-order valence-corrected chi connectivity index (χ1v) is 6.22. The summed E-state index contributed by atoms with van der Waals surface area (Å²) in [4.78, 5) is 13.3. The number of nitrogens with zero attached hydrogens (tertiary/aromatic N) is 1. The Balaban J connectivity index is 1.86. The first-order valence-electron chi connectivity index (χ1n) is 6.22. The lowest BCUT2D eigenvalue weighted by molar-refractivity contribution is -0.121. The summed E-state index contributed by atoms with van der Waals surface area (Å²) in [7, 11) is 0. The van der Waals surface area contributed by atoms with Crippen LogP contribution in [0.4, 0.5) is 0 Å². The normalized spacial score (nSPS) is 15.4. The van der Waals surface area contributed by atoms with Gasteiger partial charge in [0, 0.05) is 25.1 Å². The van der Waals surface area contributed by atoms with Gasteiger partial charge in [-0.05, 0) is 19.0 Å². The van der Waals surface area contributed by atoms with Crippen molar-refractivity contribution in [3.8, 4) is 5.75 Å². The molecule has 0 saturated carbocycles. The quantitative estimate of drug-likeness (QED) is 0.467. The number of hydrazine groups is 1. The standard InChI is InChI=1S/C13H19N3O2/c14-15-13(17)6-3-7-16-8-9-18-12-5-2-1-4-11(12)10-16/h1-2,4-5H,3,6-10,14H2,(H,15,17). The predicted molar refractivity (Wildman–Crippen MR) is 68.8 cm³/mol. The summed E-state index contributed by atoms with van der Waals surface area (Å²) in [5, 5.41) is 0. The minimum absolute atomic E-state index is 0.110. The predicted octanol–water partition coefficient (Wildman–Crippen LogP) is 0.651. The van der Waals surface area contributed by atoms with Crippen molar-refractivity contribution in [2.45, 2.75) is 19.4 Å². The van der Waals surface area contributed by atoms with E-state index in [1.54, 1.807) is 0 Å². The Labute approximate surface area is 107 Å². The summed E-state index contributed by atoms with van der Waals surface area (Å²) in [5.74, 6) is 5.91. The van der Waals surface area contributed by atoms with Crippen LogP contribution in [-0.2, 0) is 11.3 Å². The molecule has 18 heavy (non-hydrogen) atoms. The molecule has 1 aromatic rings. The fraction of sp³-hybridized carbons (Fsp3) is 0.462. The van der Waals surface area contributed by atoms with E-state index in [0.717, 1.165) is 31.8 Å². The molecule has 5 nitrogen and oxygen atoms in total. The largest absolute Gasteiger partial charge is 0.492 e. The number of nitrogens with two attached hydrogens (primary N) is 1. The highest BCUT2D eigenvalue weighted by atomic mass is 16.5. The molecular weight excluding hydrogens is 230 g/mol. The second-order valence-electron chi connectivity index (χ2n) is 4.40. The van der Waals surface area contributed by atoms with Crippen LogP contribution in [0.3, 0.4) is 0 Å². The van der Waals surface area contributed by atoms with Gasteiger partial charge < -0.3 is 4.74 Å². The summed E-state index contributed by atoms with van der Waals surface area (Å²) in [5.41, 5.74) is 3.36. The van der Waals surface area contributed by atoms with Crippen LogP contribution in [0, 0.1) is 0 Å². The molecule has 0 aromatic heterocycles. The average molecular weight is 249 g/mol. The molecular formula is C13H19N3O2. The van der Waals surface area contributed by atoms with Gasteiger partial charge in [0.05, 0.1) is 0 Å². The van der Waals surface area contributed by atoms with E-state index in [9.17, 15) is 4.79 Å². The summed E-state index contributed by atoms with van der Waals surface area (Å²) < 4.78 is 5.69. The number of hydrogen-bond acceptors (Lipinski definition) is 4. The number of para-hydroxylation sites is 1. The van der Waals surface area contributed by atoms with Crippen molar-refractivity contribution in [1.82, 2.24) is 10.3 Å². The highest BCUT2D eigenvalue weighted by Gasteiger charge is 2.14. The second kappa shape index (κ2) is 6.37. The molecule has 0 radical (unpaired) electrons. The molecule has 0 atom stereocenters. The zero-order valence-electron chi connectivity index (χ0n) is 10.4. The summed E-state index contributed by atoms with van der Waals surface area (Å²) >= 11 is 0. The molecule has 1 heterocycles. The fourth-order valence-corrected chi connectivity index (χ4v) is 2.11. The monoisotopic (exact) mass is 249 g/mol. The number of fused-ring (bicyclic) bond motifs is 1. The SMILES string of the molecule is NNC(=O)CCCN1CCOc2ccccc2C1. The average Bonchev–Trinajstić information content (AvgIpc) is 2.60. The van der Waals surface area contributed by atoms with Crippen LogP contribution in [0.2, 0.25) is 0 Å². The number of rotatable bonds is 4. The Kier molecular flexibility index (Phi) is 4.55. The molecule has 3 N–H and O–H groups in total. The van der Waals surface area contributed by atoms with Crippen molar-refractivity contribution in [3.63, 3.8) is 0 Å². The molecule has 0 fully saturated rings. The Morgan fingerprint density at radius 2 is 2.28 bits per heavy atom. The maximum Gasteiger partial charge on any atom is 0.233 e. The van der Waals surface area contributed by atoms with Crippen LogP contribution < -0.4 is 16.0 Å².